The first-order chi connectivity index (χ1) is 13.9. The van der Waals surface area contributed by atoms with Crippen molar-refractivity contribution in [2.75, 3.05) is 13.1 Å². The molecule has 1 aliphatic heterocycles. The predicted octanol–water partition coefficient (Wildman–Crippen LogP) is 1.75. The van der Waals surface area contributed by atoms with Crippen LogP contribution >= 0.6 is 0 Å². The van der Waals surface area contributed by atoms with Crippen LogP contribution in [0, 0.1) is 0 Å². The molecule has 7 nitrogen and oxygen atoms in total. The molecule has 2 aromatic rings. The second kappa shape index (κ2) is 9.19. The van der Waals surface area contributed by atoms with E-state index in [4.69, 9.17) is 5.73 Å². The molecular weight excluding hydrogens is 390 g/mol. The van der Waals surface area contributed by atoms with Gasteiger partial charge in [0.2, 0.25) is 21.8 Å². The minimum Gasteiger partial charge on any atom is -0.368 e. The molecule has 2 aromatic carbocycles. The quantitative estimate of drug-likeness (QED) is 0.718. The highest BCUT2D eigenvalue weighted by molar-refractivity contribution is 7.89. The van der Waals surface area contributed by atoms with Gasteiger partial charge < -0.3 is 11.1 Å². The van der Waals surface area contributed by atoms with Crippen molar-refractivity contribution < 1.29 is 18.0 Å². The van der Waals surface area contributed by atoms with E-state index in [1.54, 1.807) is 36.4 Å². The molecule has 1 atom stereocenters. The minimum absolute atomic E-state index is 0.0145. The monoisotopic (exact) mass is 415 g/mol. The average Bonchev–Trinajstić information content (AvgIpc) is 2.73. The Balaban J connectivity index is 1.66. The van der Waals surface area contributed by atoms with E-state index in [-0.39, 0.29) is 17.2 Å². The van der Waals surface area contributed by atoms with E-state index in [0.29, 0.717) is 24.2 Å². The number of nitrogens with one attached hydrogen (secondary N) is 1. The van der Waals surface area contributed by atoms with Crippen LogP contribution in [0.15, 0.2) is 59.5 Å². The fraction of sp³-hybridized carbons (Fsp3) is 0.333. The lowest BCUT2D eigenvalue weighted by molar-refractivity contribution is -0.127. The van der Waals surface area contributed by atoms with Crippen LogP contribution in [-0.2, 0) is 26.0 Å². The summed E-state index contributed by atoms with van der Waals surface area (Å²) in [5.74, 6) is -1.02. The first kappa shape index (κ1) is 21.0. The number of amides is 2. The maximum Gasteiger partial charge on any atom is 0.244 e. The van der Waals surface area contributed by atoms with E-state index in [1.807, 2.05) is 6.07 Å². The lowest BCUT2D eigenvalue weighted by atomic mass is 10.1. The maximum absolute atomic E-state index is 12.7. The molecule has 1 fully saturated rings. The third-order valence-corrected chi connectivity index (χ3v) is 6.88. The average molecular weight is 416 g/mol. The van der Waals surface area contributed by atoms with Crippen LogP contribution in [0.1, 0.15) is 36.4 Å². The summed E-state index contributed by atoms with van der Waals surface area (Å²) >= 11 is 0. The van der Waals surface area contributed by atoms with Gasteiger partial charge in [0.25, 0.3) is 0 Å². The second-order valence-corrected chi connectivity index (χ2v) is 9.04. The molecular formula is C21H25N3O4S. The SMILES string of the molecule is NC(=O)C(NC(=O)Cc1ccc(S(=O)(=O)N2CCCCC2)cc1)c1ccccc1. The number of piperidine rings is 1. The standard InChI is InChI=1S/C21H25N3O4S/c22-21(26)20(17-7-3-1-4-8-17)23-19(25)15-16-9-11-18(12-10-16)29(27,28)24-13-5-2-6-14-24/h1,3-4,7-12,20H,2,5-6,13-15H2,(H2,22,26)(H,23,25). The summed E-state index contributed by atoms with van der Waals surface area (Å²) in [4.78, 5) is 24.3. The molecule has 0 spiro atoms. The van der Waals surface area contributed by atoms with Crippen molar-refractivity contribution >= 4 is 21.8 Å². The van der Waals surface area contributed by atoms with Crippen LogP contribution in [-0.4, -0.2) is 37.6 Å². The number of sulfonamides is 1. The number of rotatable bonds is 7. The third-order valence-electron chi connectivity index (χ3n) is 4.96. The first-order valence-electron chi connectivity index (χ1n) is 9.60. The van der Waals surface area contributed by atoms with Crippen molar-refractivity contribution in [3.8, 4) is 0 Å². The van der Waals surface area contributed by atoms with E-state index in [9.17, 15) is 18.0 Å². The normalized spacial score (nSPS) is 16.1. The Hall–Kier alpha value is -2.71. The van der Waals surface area contributed by atoms with Crippen molar-refractivity contribution in [2.45, 2.75) is 36.6 Å². The second-order valence-electron chi connectivity index (χ2n) is 7.10. The van der Waals surface area contributed by atoms with Crippen LogP contribution in [0.25, 0.3) is 0 Å². The van der Waals surface area contributed by atoms with Gasteiger partial charge in [-0.2, -0.15) is 4.31 Å². The lowest BCUT2D eigenvalue weighted by Crippen LogP contribution is -2.38. The highest BCUT2D eigenvalue weighted by Gasteiger charge is 2.26. The summed E-state index contributed by atoms with van der Waals surface area (Å²) in [6.07, 6.45) is 2.82. The Morgan fingerprint density at radius 3 is 2.17 bits per heavy atom. The van der Waals surface area contributed by atoms with Gasteiger partial charge in [0.1, 0.15) is 6.04 Å². The van der Waals surface area contributed by atoms with Crippen molar-refractivity contribution in [2.24, 2.45) is 5.73 Å². The fourth-order valence-electron chi connectivity index (χ4n) is 3.40. The Morgan fingerprint density at radius 1 is 0.966 bits per heavy atom. The zero-order chi connectivity index (χ0) is 20.9. The minimum atomic E-state index is -3.50. The van der Waals surface area contributed by atoms with Gasteiger partial charge in [0.15, 0.2) is 0 Å². The smallest absolute Gasteiger partial charge is 0.244 e. The molecule has 0 aromatic heterocycles. The Morgan fingerprint density at radius 2 is 1.59 bits per heavy atom. The summed E-state index contributed by atoms with van der Waals surface area (Å²) in [6.45, 7) is 1.08. The molecule has 154 valence electrons. The fourth-order valence-corrected chi connectivity index (χ4v) is 4.91. The summed E-state index contributed by atoms with van der Waals surface area (Å²) in [5, 5.41) is 2.64. The molecule has 29 heavy (non-hydrogen) atoms. The summed E-state index contributed by atoms with van der Waals surface area (Å²) in [6, 6.07) is 14.1. The molecule has 3 N–H and O–H groups in total. The van der Waals surface area contributed by atoms with E-state index in [0.717, 1.165) is 19.3 Å². The van der Waals surface area contributed by atoms with Gasteiger partial charge in [-0.1, -0.05) is 48.9 Å². The van der Waals surface area contributed by atoms with Gasteiger partial charge in [-0.25, -0.2) is 8.42 Å². The van der Waals surface area contributed by atoms with Gasteiger partial charge in [-0.05, 0) is 36.1 Å². The molecule has 3 rings (SSSR count). The Labute approximate surface area is 171 Å². The molecule has 0 radical (unpaired) electrons. The van der Waals surface area contributed by atoms with E-state index in [2.05, 4.69) is 5.32 Å². The third kappa shape index (κ3) is 5.21. The maximum atomic E-state index is 12.7. The summed E-state index contributed by atoms with van der Waals surface area (Å²) < 4.78 is 26.9. The molecule has 1 unspecified atom stereocenters. The van der Waals surface area contributed by atoms with Crippen molar-refractivity contribution in [1.29, 1.82) is 0 Å². The van der Waals surface area contributed by atoms with Crippen LogP contribution in [0.5, 0.6) is 0 Å². The van der Waals surface area contributed by atoms with E-state index in [1.165, 1.54) is 16.4 Å². The van der Waals surface area contributed by atoms with Gasteiger partial charge in [0.05, 0.1) is 11.3 Å². The number of carbonyl (C=O) groups excluding carboxylic acids is 2. The number of hydrogen-bond acceptors (Lipinski definition) is 4. The van der Waals surface area contributed by atoms with Gasteiger partial charge in [-0.3, -0.25) is 9.59 Å². The zero-order valence-electron chi connectivity index (χ0n) is 16.1. The van der Waals surface area contributed by atoms with Crippen LogP contribution in [0.3, 0.4) is 0 Å². The zero-order valence-corrected chi connectivity index (χ0v) is 16.9. The number of nitrogens with two attached hydrogens (primary N) is 1. The van der Waals surface area contributed by atoms with Crippen molar-refractivity contribution in [3.05, 3.63) is 65.7 Å². The van der Waals surface area contributed by atoms with Gasteiger partial charge in [-0.15, -0.1) is 0 Å². The molecule has 0 saturated carbocycles. The highest BCUT2D eigenvalue weighted by Crippen LogP contribution is 2.21. The molecule has 0 bridgehead atoms. The van der Waals surface area contributed by atoms with Crippen LogP contribution in [0.4, 0.5) is 0 Å². The summed E-state index contributed by atoms with van der Waals surface area (Å²) in [7, 11) is -3.50. The lowest BCUT2D eigenvalue weighted by Gasteiger charge is -2.25. The van der Waals surface area contributed by atoms with E-state index < -0.39 is 22.0 Å². The predicted molar refractivity (Wildman–Crippen MR) is 109 cm³/mol. The molecule has 2 amide bonds. The van der Waals surface area contributed by atoms with E-state index >= 15 is 0 Å². The number of benzene rings is 2. The van der Waals surface area contributed by atoms with Gasteiger partial charge in [0, 0.05) is 13.1 Å². The van der Waals surface area contributed by atoms with Crippen molar-refractivity contribution in [1.82, 2.24) is 9.62 Å². The van der Waals surface area contributed by atoms with Crippen LogP contribution in [0.2, 0.25) is 0 Å². The molecule has 0 aliphatic carbocycles. The first-order valence-corrected chi connectivity index (χ1v) is 11.0. The number of primary amides is 1. The highest BCUT2D eigenvalue weighted by atomic mass is 32.2. The largest absolute Gasteiger partial charge is 0.368 e. The Bertz CT molecular complexity index is 953. The molecule has 1 saturated heterocycles. The number of carbonyl (C=O) groups is 2. The number of nitrogens with zero attached hydrogens (tertiary/aromatic N) is 1. The topological polar surface area (TPSA) is 110 Å². The molecule has 8 heteroatoms. The van der Waals surface area contributed by atoms with Gasteiger partial charge >= 0.3 is 0 Å². The Kier molecular flexibility index (Phi) is 6.66. The van der Waals surface area contributed by atoms with Crippen molar-refractivity contribution in [3.63, 3.8) is 0 Å². The van der Waals surface area contributed by atoms with Crippen LogP contribution < -0.4 is 11.1 Å². The number of hydrogen-bond donors (Lipinski definition) is 2. The molecule has 1 aliphatic rings. The summed E-state index contributed by atoms with van der Waals surface area (Å²) in [5.41, 5.74) is 6.68. The molecule has 1 heterocycles.